The number of thioether (sulfide) groups is 1. The van der Waals surface area contributed by atoms with E-state index in [-0.39, 0.29) is 11.7 Å². The molecule has 0 saturated carbocycles. The number of carbonyl (C=O) groups excluding carboxylic acids is 1. The first kappa shape index (κ1) is 19.4. The van der Waals surface area contributed by atoms with Crippen molar-refractivity contribution in [3.63, 3.8) is 0 Å². The third-order valence-corrected chi connectivity index (χ3v) is 4.71. The van der Waals surface area contributed by atoms with Crippen molar-refractivity contribution < 1.29 is 13.9 Å². The number of pyridine rings is 1. The van der Waals surface area contributed by atoms with E-state index in [9.17, 15) is 9.18 Å². The lowest BCUT2D eigenvalue weighted by atomic mass is 10.2. The first-order chi connectivity index (χ1) is 12.2. The second kappa shape index (κ2) is 10.8. The maximum atomic E-state index is 12.9. The van der Waals surface area contributed by atoms with Gasteiger partial charge < -0.3 is 9.64 Å². The highest BCUT2D eigenvalue weighted by molar-refractivity contribution is 7.98. The van der Waals surface area contributed by atoms with Crippen molar-refractivity contribution in [2.45, 2.75) is 18.7 Å². The monoisotopic (exact) mass is 362 g/mol. The minimum atomic E-state index is -0.228. The van der Waals surface area contributed by atoms with Gasteiger partial charge in [-0.05, 0) is 35.4 Å². The molecule has 0 unspecified atom stereocenters. The number of methoxy groups -OCH3 is 1. The molecule has 0 radical (unpaired) electrons. The lowest BCUT2D eigenvalue weighted by Crippen LogP contribution is -2.33. The van der Waals surface area contributed by atoms with Gasteiger partial charge in [-0.2, -0.15) is 11.8 Å². The van der Waals surface area contributed by atoms with Gasteiger partial charge in [-0.25, -0.2) is 4.39 Å². The topological polar surface area (TPSA) is 42.4 Å². The van der Waals surface area contributed by atoms with Crippen LogP contribution in [0.4, 0.5) is 4.39 Å². The van der Waals surface area contributed by atoms with Crippen molar-refractivity contribution in [3.05, 3.63) is 65.7 Å². The Morgan fingerprint density at radius 1 is 1.16 bits per heavy atom. The number of hydrogen-bond donors (Lipinski definition) is 0. The molecule has 1 aromatic carbocycles. The van der Waals surface area contributed by atoms with E-state index in [1.165, 1.54) is 12.1 Å². The van der Waals surface area contributed by atoms with Crippen LogP contribution in [0.25, 0.3) is 0 Å². The van der Waals surface area contributed by atoms with Crippen molar-refractivity contribution >= 4 is 17.7 Å². The molecule has 2 aromatic rings. The van der Waals surface area contributed by atoms with E-state index < -0.39 is 0 Å². The Morgan fingerprint density at radius 3 is 2.56 bits per heavy atom. The number of benzene rings is 1. The molecule has 0 N–H and O–H groups in total. The van der Waals surface area contributed by atoms with Gasteiger partial charge in [-0.3, -0.25) is 9.78 Å². The molecule has 1 amide bonds. The summed E-state index contributed by atoms with van der Waals surface area (Å²) in [4.78, 5) is 18.3. The maximum absolute atomic E-state index is 12.9. The van der Waals surface area contributed by atoms with Crippen molar-refractivity contribution in [2.24, 2.45) is 0 Å². The molecule has 25 heavy (non-hydrogen) atoms. The lowest BCUT2D eigenvalue weighted by Gasteiger charge is -2.22. The SMILES string of the molecule is COCCN(Cc1ccncc1)C(=O)CCSCc1ccc(F)cc1. The molecule has 1 aromatic heterocycles. The second-order valence-corrected chi connectivity index (χ2v) is 6.70. The molecule has 134 valence electrons. The summed E-state index contributed by atoms with van der Waals surface area (Å²) in [5.74, 6) is 1.39. The van der Waals surface area contributed by atoms with Crippen LogP contribution < -0.4 is 0 Å². The highest BCUT2D eigenvalue weighted by Gasteiger charge is 2.13. The normalized spacial score (nSPS) is 10.6. The van der Waals surface area contributed by atoms with Crippen LogP contribution in [-0.2, 0) is 21.8 Å². The van der Waals surface area contributed by atoms with Crippen LogP contribution in [0.3, 0.4) is 0 Å². The van der Waals surface area contributed by atoms with E-state index in [1.54, 1.807) is 43.4 Å². The largest absolute Gasteiger partial charge is 0.383 e. The van der Waals surface area contributed by atoms with Gasteiger partial charge >= 0.3 is 0 Å². The number of aromatic nitrogens is 1. The average Bonchev–Trinajstić information content (AvgIpc) is 2.64. The van der Waals surface area contributed by atoms with E-state index in [2.05, 4.69) is 4.98 Å². The Kier molecular flexibility index (Phi) is 8.42. The standard InChI is InChI=1S/C19H23FN2O2S/c1-24-12-11-22(14-16-6-9-21-10-7-16)19(23)8-13-25-15-17-2-4-18(20)5-3-17/h2-7,9-10H,8,11-15H2,1H3. The Bertz CT molecular complexity index is 638. The molecule has 0 saturated heterocycles. The van der Waals surface area contributed by atoms with Crippen LogP contribution >= 0.6 is 11.8 Å². The van der Waals surface area contributed by atoms with E-state index in [0.717, 1.165) is 22.6 Å². The predicted molar refractivity (Wildman–Crippen MR) is 98.7 cm³/mol. The minimum Gasteiger partial charge on any atom is -0.383 e. The third kappa shape index (κ3) is 7.23. The molecule has 4 nitrogen and oxygen atoms in total. The quantitative estimate of drug-likeness (QED) is 0.607. The number of nitrogens with zero attached hydrogens (tertiary/aromatic N) is 2. The summed E-state index contributed by atoms with van der Waals surface area (Å²) in [5.41, 5.74) is 2.12. The van der Waals surface area contributed by atoms with Gasteiger partial charge in [0.2, 0.25) is 5.91 Å². The summed E-state index contributed by atoms with van der Waals surface area (Å²) in [6.45, 7) is 1.65. The molecule has 0 aliphatic rings. The molecule has 0 aliphatic heterocycles. The van der Waals surface area contributed by atoms with Crippen LogP contribution in [-0.4, -0.2) is 41.8 Å². The smallest absolute Gasteiger partial charge is 0.223 e. The highest BCUT2D eigenvalue weighted by atomic mass is 32.2. The fourth-order valence-corrected chi connectivity index (χ4v) is 3.18. The Morgan fingerprint density at radius 2 is 1.88 bits per heavy atom. The van der Waals surface area contributed by atoms with Gasteiger partial charge in [-0.1, -0.05) is 12.1 Å². The highest BCUT2D eigenvalue weighted by Crippen LogP contribution is 2.15. The van der Waals surface area contributed by atoms with Crippen molar-refractivity contribution in [1.82, 2.24) is 9.88 Å². The van der Waals surface area contributed by atoms with Gasteiger partial charge in [0.15, 0.2) is 0 Å². The van der Waals surface area contributed by atoms with Gasteiger partial charge in [-0.15, -0.1) is 0 Å². The van der Waals surface area contributed by atoms with Crippen LogP contribution in [0.15, 0.2) is 48.8 Å². The molecular formula is C19H23FN2O2S. The molecule has 6 heteroatoms. The summed E-state index contributed by atoms with van der Waals surface area (Å²) >= 11 is 1.68. The number of amides is 1. The zero-order chi connectivity index (χ0) is 17.9. The van der Waals surface area contributed by atoms with Crippen molar-refractivity contribution in [3.8, 4) is 0 Å². The third-order valence-electron chi connectivity index (χ3n) is 3.68. The molecule has 0 aliphatic carbocycles. The number of halogens is 1. The van der Waals surface area contributed by atoms with E-state index in [1.807, 2.05) is 17.0 Å². The summed E-state index contributed by atoms with van der Waals surface area (Å²) in [5, 5.41) is 0. The average molecular weight is 362 g/mol. The second-order valence-electron chi connectivity index (χ2n) is 5.59. The predicted octanol–water partition coefficient (Wildman–Crippen LogP) is 3.52. The summed E-state index contributed by atoms with van der Waals surface area (Å²) in [7, 11) is 1.63. The Balaban J connectivity index is 1.78. The fourth-order valence-electron chi connectivity index (χ4n) is 2.29. The number of hydrogen-bond acceptors (Lipinski definition) is 4. The molecule has 0 spiro atoms. The minimum absolute atomic E-state index is 0.112. The van der Waals surface area contributed by atoms with E-state index >= 15 is 0 Å². The molecule has 0 bridgehead atoms. The summed E-state index contributed by atoms with van der Waals surface area (Å²) in [6.07, 6.45) is 3.93. The van der Waals surface area contributed by atoms with Gasteiger partial charge in [0.1, 0.15) is 5.82 Å². The van der Waals surface area contributed by atoms with E-state index in [4.69, 9.17) is 4.74 Å². The Labute approximate surface area is 152 Å². The number of carbonyl (C=O) groups is 1. The van der Waals surface area contributed by atoms with Gasteiger partial charge in [0.05, 0.1) is 6.61 Å². The zero-order valence-electron chi connectivity index (χ0n) is 14.4. The van der Waals surface area contributed by atoms with Crippen LogP contribution in [0.1, 0.15) is 17.5 Å². The molecule has 1 heterocycles. The number of ether oxygens (including phenoxy) is 1. The van der Waals surface area contributed by atoms with Crippen LogP contribution in [0, 0.1) is 5.82 Å². The Hall–Kier alpha value is -1.92. The van der Waals surface area contributed by atoms with Crippen LogP contribution in [0.2, 0.25) is 0 Å². The van der Waals surface area contributed by atoms with Gasteiger partial charge in [0.25, 0.3) is 0 Å². The molecule has 2 rings (SSSR count). The van der Waals surface area contributed by atoms with Crippen molar-refractivity contribution in [2.75, 3.05) is 26.0 Å². The maximum Gasteiger partial charge on any atom is 0.223 e. The number of rotatable bonds is 10. The van der Waals surface area contributed by atoms with Gasteiger partial charge in [0, 0.05) is 50.5 Å². The molecule has 0 atom stereocenters. The lowest BCUT2D eigenvalue weighted by molar-refractivity contribution is -0.132. The zero-order valence-corrected chi connectivity index (χ0v) is 15.2. The van der Waals surface area contributed by atoms with E-state index in [0.29, 0.717) is 26.1 Å². The molecular weight excluding hydrogens is 339 g/mol. The van der Waals surface area contributed by atoms with Crippen LogP contribution in [0.5, 0.6) is 0 Å². The van der Waals surface area contributed by atoms with Crippen molar-refractivity contribution in [1.29, 1.82) is 0 Å². The summed E-state index contributed by atoms with van der Waals surface area (Å²) in [6, 6.07) is 10.3. The first-order valence-electron chi connectivity index (χ1n) is 8.17. The summed E-state index contributed by atoms with van der Waals surface area (Å²) < 4.78 is 18.0. The first-order valence-corrected chi connectivity index (χ1v) is 9.32. The fraction of sp³-hybridized carbons (Fsp3) is 0.368. The molecule has 0 fully saturated rings.